The summed E-state index contributed by atoms with van der Waals surface area (Å²) in [5.74, 6) is 0.274. The maximum Gasteiger partial charge on any atom is 0.152 e. The number of anilines is 1. The van der Waals surface area contributed by atoms with E-state index in [4.69, 9.17) is 5.73 Å². The van der Waals surface area contributed by atoms with Crippen LogP contribution in [0.1, 0.15) is 38.8 Å². The smallest absolute Gasteiger partial charge is 0.152 e. The van der Waals surface area contributed by atoms with E-state index in [0.717, 1.165) is 16.8 Å². The highest BCUT2D eigenvalue weighted by Crippen LogP contribution is 2.46. The van der Waals surface area contributed by atoms with E-state index in [0.29, 0.717) is 0 Å². The van der Waals surface area contributed by atoms with Crippen molar-refractivity contribution >= 4 is 11.5 Å². The quantitative estimate of drug-likeness (QED) is 0.658. The summed E-state index contributed by atoms with van der Waals surface area (Å²) in [5, 5.41) is 0. The second-order valence-corrected chi connectivity index (χ2v) is 5.38. The molecule has 0 heterocycles. The zero-order valence-electron chi connectivity index (χ0n) is 9.72. The molecular formula is C13H17NO. The topological polar surface area (TPSA) is 43.1 Å². The molecule has 0 fully saturated rings. The summed E-state index contributed by atoms with van der Waals surface area (Å²) in [6, 6.07) is 5.79. The molecule has 2 rings (SSSR count). The molecule has 1 aromatic rings. The Morgan fingerprint density at radius 1 is 1.00 bits per heavy atom. The van der Waals surface area contributed by atoms with Gasteiger partial charge < -0.3 is 5.73 Å². The van der Waals surface area contributed by atoms with E-state index in [2.05, 4.69) is 0 Å². The van der Waals surface area contributed by atoms with Crippen LogP contribution in [0.25, 0.3) is 0 Å². The molecule has 1 aliphatic rings. The molecule has 0 spiro atoms. The number of ketones is 1. The van der Waals surface area contributed by atoms with Crippen LogP contribution in [0.5, 0.6) is 0 Å². The molecular weight excluding hydrogens is 186 g/mol. The van der Waals surface area contributed by atoms with E-state index in [9.17, 15) is 4.79 Å². The lowest BCUT2D eigenvalue weighted by Gasteiger charge is -2.21. The van der Waals surface area contributed by atoms with Gasteiger partial charge in [-0.05, 0) is 51.0 Å². The molecule has 0 amide bonds. The lowest BCUT2D eigenvalue weighted by molar-refractivity contribution is -0.126. The number of fused-ring (bicyclic) bond motifs is 1. The van der Waals surface area contributed by atoms with Crippen molar-refractivity contribution in [1.82, 2.24) is 0 Å². The number of carbonyl (C=O) groups is 1. The van der Waals surface area contributed by atoms with Crippen LogP contribution >= 0.6 is 0 Å². The van der Waals surface area contributed by atoms with Crippen molar-refractivity contribution < 1.29 is 4.79 Å². The Hall–Kier alpha value is -1.31. The highest BCUT2D eigenvalue weighted by Gasteiger charge is 2.50. The van der Waals surface area contributed by atoms with Gasteiger partial charge in [-0.15, -0.1) is 0 Å². The van der Waals surface area contributed by atoms with E-state index < -0.39 is 5.41 Å². The van der Waals surface area contributed by atoms with Gasteiger partial charge in [0.05, 0.1) is 0 Å². The van der Waals surface area contributed by atoms with Gasteiger partial charge in [-0.2, -0.15) is 0 Å². The van der Waals surface area contributed by atoms with E-state index in [1.807, 2.05) is 45.9 Å². The largest absolute Gasteiger partial charge is 0.399 e. The number of nitrogen functional groups attached to an aromatic ring is 1. The van der Waals surface area contributed by atoms with E-state index in [1.165, 1.54) is 0 Å². The molecule has 15 heavy (non-hydrogen) atoms. The highest BCUT2D eigenvalue weighted by atomic mass is 16.1. The Kier molecular flexibility index (Phi) is 1.79. The van der Waals surface area contributed by atoms with Gasteiger partial charge in [-0.1, -0.05) is 6.07 Å². The van der Waals surface area contributed by atoms with Crippen LogP contribution in [0.2, 0.25) is 0 Å². The second kappa shape index (κ2) is 2.63. The average molecular weight is 203 g/mol. The van der Waals surface area contributed by atoms with E-state index >= 15 is 0 Å². The molecule has 1 aromatic carbocycles. The van der Waals surface area contributed by atoms with Gasteiger partial charge in [0, 0.05) is 16.5 Å². The fraction of sp³-hybridized carbons (Fsp3) is 0.462. The lowest BCUT2D eigenvalue weighted by Crippen LogP contribution is -2.33. The summed E-state index contributed by atoms with van der Waals surface area (Å²) in [4.78, 5) is 12.3. The monoisotopic (exact) mass is 203 g/mol. The molecule has 0 bridgehead atoms. The minimum Gasteiger partial charge on any atom is -0.399 e. The van der Waals surface area contributed by atoms with E-state index in [-0.39, 0.29) is 11.2 Å². The van der Waals surface area contributed by atoms with Crippen LogP contribution in [-0.2, 0) is 15.6 Å². The van der Waals surface area contributed by atoms with Gasteiger partial charge in [0.25, 0.3) is 0 Å². The Balaban J connectivity index is 2.77. The zero-order chi connectivity index (χ0) is 11.4. The van der Waals surface area contributed by atoms with Crippen LogP contribution in [0.4, 0.5) is 5.69 Å². The molecule has 1 aliphatic carbocycles. The normalized spacial score (nSPS) is 21.5. The maximum absolute atomic E-state index is 12.3. The number of nitrogens with two attached hydrogens (primary N) is 1. The fourth-order valence-corrected chi connectivity index (χ4v) is 2.65. The van der Waals surface area contributed by atoms with Gasteiger partial charge in [-0.25, -0.2) is 0 Å². The standard InChI is InChI=1S/C13H17NO/c1-12(2)9-6-5-8(14)7-10(9)13(3,4)11(12)15/h5-7H,14H2,1-4H3. The first-order valence-electron chi connectivity index (χ1n) is 5.23. The predicted octanol–water partition coefficient (Wildman–Crippen LogP) is 2.41. The number of carbonyl (C=O) groups excluding carboxylic acids is 1. The summed E-state index contributed by atoms with van der Waals surface area (Å²) in [6.45, 7) is 7.92. The minimum atomic E-state index is -0.409. The molecule has 0 atom stereocenters. The fourth-order valence-electron chi connectivity index (χ4n) is 2.65. The molecule has 0 saturated carbocycles. The molecule has 0 aromatic heterocycles. The van der Waals surface area contributed by atoms with E-state index in [1.54, 1.807) is 0 Å². The number of rotatable bonds is 0. The predicted molar refractivity (Wildman–Crippen MR) is 61.9 cm³/mol. The number of hydrogen-bond donors (Lipinski definition) is 1. The zero-order valence-corrected chi connectivity index (χ0v) is 9.72. The van der Waals surface area contributed by atoms with Crippen molar-refractivity contribution in [3.8, 4) is 0 Å². The Morgan fingerprint density at radius 2 is 1.53 bits per heavy atom. The molecule has 0 radical (unpaired) electrons. The third-order valence-electron chi connectivity index (χ3n) is 3.53. The second-order valence-electron chi connectivity index (χ2n) is 5.38. The highest BCUT2D eigenvalue weighted by molar-refractivity contribution is 6.02. The minimum absolute atomic E-state index is 0.274. The summed E-state index contributed by atoms with van der Waals surface area (Å²) in [6.07, 6.45) is 0. The first-order valence-corrected chi connectivity index (χ1v) is 5.23. The van der Waals surface area contributed by atoms with Gasteiger partial charge >= 0.3 is 0 Å². The molecule has 2 nitrogen and oxygen atoms in total. The first-order chi connectivity index (χ1) is 6.78. The van der Waals surface area contributed by atoms with Gasteiger partial charge in [0.1, 0.15) is 0 Å². The molecule has 2 N–H and O–H groups in total. The molecule has 80 valence electrons. The van der Waals surface area contributed by atoms with Crippen LogP contribution in [0, 0.1) is 0 Å². The molecule has 0 aliphatic heterocycles. The number of Topliss-reactive ketones (excluding diaryl/α,β-unsaturated/α-hetero) is 1. The van der Waals surface area contributed by atoms with Crippen molar-refractivity contribution in [2.75, 3.05) is 5.73 Å². The SMILES string of the molecule is CC1(C)C(=O)C(C)(C)c2cc(N)ccc21. The average Bonchev–Trinajstić information content (AvgIpc) is 2.26. The molecule has 0 saturated heterocycles. The third-order valence-corrected chi connectivity index (χ3v) is 3.53. The molecule has 2 heteroatoms. The third kappa shape index (κ3) is 1.14. The number of benzene rings is 1. The van der Waals surface area contributed by atoms with Crippen LogP contribution < -0.4 is 5.73 Å². The van der Waals surface area contributed by atoms with Gasteiger partial charge in [0.2, 0.25) is 0 Å². The lowest BCUT2D eigenvalue weighted by atomic mass is 9.80. The maximum atomic E-state index is 12.3. The van der Waals surface area contributed by atoms with Crippen molar-refractivity contribution in [1.29, 1.82) is 0 Å². The van der Waals surface area contributed by atoms with Crippen LogP contribution in [0.3, 0.4) is 0 Å². The van der Waals surface area contributed by atoms with Crippen LogP contribution in [0.15, 0.2) is 18.2 Å². The number of hydrogen-bond acceptors (Lipinski definition) is 2. The summed E-state index contributed by atoms with van der Waals surface area (Å²) >= 11 is 0. The van der Waals surface area contributed by atoms with Crippen LogP contribution in [-0.4, -0.2) is 5.78 Å². The van der Waals surface area contributed by atoms with Crippen molar-refractivity contribution in [2.45, 2.75) is 38.5 Å². The Labute approximate surface area is 90.5 Å². The van der Waals surface area contributed by atoms with Crippen molar-refractivity contribution in [3.63, 3.8) is 0 Å². The molecule has 0 unspecified atom stereocenters. The summed E-state index contributed by atoms with van der Waals surface area (Å²) in [7, 11) is 0. The van der Waals surface area contributed by atoms with Gasteiger partial charge in [-0.3, -0.25) is 4.79 Å². The van der Waals surface area contributed by atoms with Crippen molar-refractivity contribution in [3.05, 3.63) is 29.3 Å². The Bertz CT molecular complexity index is 444. The van der Waals surface area contributed by atoms with Gasteiger partial charge in [0.15, 0.2) is 5.78 Å². The summed E-state index contributed by atoms with van der Waals surface area (Å²) in [5.41, 5.74) is 7.91. The first kappa shape index (κ1) is 10.2. The summed E-state index contributed by atoms with van der Waals surface area (Å²) < 4.78 is 0. The van der Waals surface area contributed by atoms with Crippen molar-refractivity contribution in [2.24, 2.45) is 0 Å². The Morgan fingerprint density at radius 3 is 2.13 bits per heavy atom.